The molecule has 0 bridgehead atoms. The van der Waals surface area contributed by atoms with Gasteiger partial charge in [-0.1, -0.05) is 26.0 Å². The van der Waals surface area contributed by atoms with E-state index in [4.69, 9.17) is 9.72 Å². The molecule has 8 heteroatoms. The van der Waals surface area contributed by atoms with Crippen molar-refractivity contribution in [3.8, 4) is 11.1 Å². The van der Waals surface area contributed by atoms with E-state index in [-0.39, 0.29) is 11.2 Å². The Hall–Kier alpha value is -3.26. The van der Waals surface area contributed by atoms with E-state index in [2.05, 4.69) is 23.8 Å². The third-order valence-corrected chi connectivity index (χ3v) is 7.66. The molecular weight excluding hydrogens is 507 g/mol. The van der Waals surface area contributed by atoms with E-state index in [9.17, 15) is 14.3 Å². The van der Waals surface area contributed by atoms with Crippen LogP contribution in [-0.4, -0.2) is 44.5 Å². The van der Waals surface area contributed by atoms with Crippen molar-refractivity contribution in [2.75, 3.05) is 18.0 Å². The van der Waals surface area contributed by atoms with E-state index >= 15 is 0 Å². The van der Waals surface area contributed by atoms with Crippen LogP contribution in [0.2, 0.25) is 0 Å². The molecule has 0 aliphatic carbocycles. The molecule has 7 nitrogen and oxygen atoms in total. The van der Waals surface area contributed by atoms with Gasteiger partial charge in [-0.25, -0.2) is 9.18 Å². The van der Waals surface area contributed by atoms with Gasteiger partial charge in [0.1, 0.15) is 5.82 Å². The SMILES string of the molecule is Cc1nc(C)c([C@H](OC(C)(C)C)C(=O)O)c(N2CCC(C)(C)CC2)c1-c1cnn(CCCc2ccc(F)cc2)c1. The second-order valence-corrected chi connectivity index (χ2v) is 12.7. The Balaban J connectivity index is 1.73. The van der Waals surface area contributed by atoms with Crippen LogP contribution in [0.25, 0.3) is 11.1 Å². The fraction of sp³-hybridized carbons (Fsp3) is 0.531. The zero-order valence-corrected chi connectivity index (χ0v) is 24.9. The second kappa shape index (κ2) is 11.7. The van der Waals surface area contributed by atoms with Crippen molar-refractivity contribution in [1.29, 1.82) is 0 Å². The summed E-state index contributed by atoms with van der Waals surface area (Å²) in [6.07, 6.45) is 6.41. The highest BCUT2D eigenvalue weighted by molar-refractivity contribution is 5.87. The summed E-state index contributed by atoms with van der Waals surface area (Å²) in [6, 6.07) is 6.61. The Morgan fingerprint density at radius 3 is 2.38 bits per heavy atom. The van der Waals surface area contributed by atoms with Crippen molar-refractivity contribution in [1.82, 2.24) is 14.8 Å². The molecule has 1 aliphatic heterocycles. The highest BCUT2D eigenvalue weighted by atomic mass is 19.1. The van der Waals surface area contributed by atoms with Crippen LogP contribution in [0.4, 0.5) is 10.1 Å². The van der Waals surface area contributed by atoms with E-state index in [1.54, 1.807) is 0 Å². The first-order valence-electron chi connectivity index (χ1n) is 14.2. The minimum absolute atomic E-state index is 0.229. The molecule has 3 heterocycles. The predicted octanol–water partition coefficient (Wildman–Crippen LogP) is 6.90. The number of benzene rings is 1. The first kappa shape index (κ1) is 29.7. The summed E-state index contributed by atoms with van der Waals surface area (Å²) in [4.78, 5) is 19.8. The average Bonchev–Trinajstić information content (AvgIpc) is 3.31. The van der Waals surface area contributed by atoms with Gasteiger partial charge in [0.15, 0.2) is 6.10 Å². The molecule has 1 fully saturated rings. The number of hydrogen-bond acceptors (Lipinski definition) is 5. The van der Waals surface area contributed by atoms with E-state index in [1.165, 1.54) is 12.1 Å². The number of ether oxygens (including phenoxy) is 1. The molecule has 1 N–H and O–H groups in total. The molecule has 0 radical (unpaired) electrons. The number of hydrogen-bond donors (Lipinski definition) is 1. The van der Waals surface area contributed by atoms with Gasteiger partial charge in [-0.3, -0.25) is 9.67 Å². The number of pyridine rings is 1. The van der Waals surface area contributed by atoms with Crippen LogP contribution >= 0.6 is 0 Å². The zero-order valence-electron chi connectivity index (χ0n) is 24.9. The lowest BCUT2D eigenvalue weighted by molar-refractivity contribution is -0.160. The van der Waals surface area contributed by atoms with Crippen LogP contribution in [0.3, 0.4) is 0 Å². The highest BCUT2D eigenvalue weighted by Gasteiger charge is 2.36. The van der Waals surface area contributed by atoms with Gasteiger partial charge >= 0.3 is 5.97 Å². The van der Waals surface area contributed by atoms with Gasteiger partial charge in [0, 0.05) is 53.9 Å². The fourth-order valence-electron chi connectivity index (χ4n) is 5.47. The van der Waals surface area contributed by atoms with E-state index in [0.29, 0.717) is 17.8 Å². The molecular formula is C32H43FN4O3. The molecule has 2 aromatic heterocycles. The van der Waals surface area contributed by atoms with Gasteiger partial charge < -0.3 is 14.7 Å². The molecule has 1 aromatic carbocycles. The summed E-state index contributed by atoms with van der Waals surface area (Å²) in [5, 5.41) is 15.0. The van der Waals surface area contributed by atoms with Crippen LogP contribution in [0.5, 0.6) is 0 Å². The molecule has 1 saturated heterocycles. The van der Waals surface area contributed by atoms with Gasteiger partial charge in [-0.15, -0.1) is 0 Å². The van der Waals surface area contributed by atoms with Gasteiger partial charge in [0.2, 0.25) is 0 Å². The quantitative estimate of drug-likeness (QED) is 0.312. The first-order valence-corrected chi connectivity index (χ1v) is 14.2. The number of nitrogens with zero attached hydrogens (tertiary/aromatic N) is 4. The van der Waals surface area contributed by atoms with Crippen molar-refractivity contribution in [3.05, 3.63) is 65.0 Å². The molecule has 4 rings (SSSR count). The molecule has 0 saturated carbocycles. The lowest BCUT2D eigenvalue weighted by Crippen LogP contribution is -2.39. The zero-order chi connectivity index (χ0) is 29.2. The van der Waals surface area contributed by atoms with E-state index < -0.39 is 17.7 Å². The van der Waals surface area contributed by atoms with Gasteiger partial charge in [-0.05, 0) is 83.4 Å². The molecule has 40 heavy (non-hydrogen) atoms. The summed E-state index contributed by atoms with van der Waals surface area (Å²) in [6.45, 7) is 16.4. The molecule has 0 amide bonds. The summed E-state index contributed by atoms with van der Waals surface area (Å²) in [5.41, 5.74) is 5.51. The van der Waals surface area contributed by atoms with Crippen molar-refractivity contribution < 1.29 is 19.0 Å². The largest absolute Gasteiger partial charge is 0.479 e. The van der Waals surface area contributed by atoms with Crippen molar-refractivity contribution in [2.45, 2.75) is 92.4 Å². The number of carboxylic acid groups (broad SMARTS) is 1. The maximum atomic E-state index is 13.2. The van der Waals surface area contributed by atoms with Crippen LogP contribution in [0.15, 0.2) is 36.7 Å². The van der Waals surface area contributed by atoms with Gasteiger partial charge in [0.25, 0.3) is 0 Å². The Bertz CT molecular complexity index is 1330. The Morgan fingerprint density at radius 1 is 1.12 bits per heavy atom. The number of aryl methyl sites for hydroxylation is 4. The van der Waals surface area contributed by atoms with Gasteiger partial charge in [-0.2, -0.15) is 5.10 Å². The van der Waals surface area contributed by atoms with Crippen molar-refractivity contribution in [2.24, 2.45) is 5.41 Å². The molecule has 1 atom stereocenters. The first-order chi connectivity index (χ1) is 18.7. The number of aromatic nitrogens is 3. The maximum absolute atomic E-state index is 13.2. The van der Waals surface area contributed by atoms with Crippen molar-refractivity contribution in [3.63, 3.8) is 0 Å². The number of carboxylic acids is 1. The maximum Gasteiger partial charge on any atom is 0.337 e. The second-order valence-electron chi connectivity index (χ2n) is 12.7. The minimum Gasteiger partial charge on any atom is -0.479 e. The number of piperidine rings is 1. The summed E-state index contributed by atoms with van der Waals surface area (Å²) in [5.74, 6) is -1.25. The average molecular weight is 551 g/mol. The fourth-order valence-corrected chi connectivity index (χ4v) is 5.47. The standard InChI is InChI=1S/C32H43FN4O3/c1-21-26(24-19-34-37(20-24)16-8-9-23-10-12-25(33)13-11-23)28(36-17-14-32(6,7)15-18-36)27(22(2)35-21)29(30(38)39)40-31(3,4)5/h10-13,19-20,29H,8-9,14-18H2,1-7H3,(H,38,39)/t29-/m0/s1. The molecule has 1 aliphatic rings. The minimum atomic E-state index is -1.15. The lowest BCUT2D eigenvalue weighted by atomic mass is 9.82. The molecule has 0 unspecified atom stereocenters. The topological polar surface area (TPSA) is 80.5 Å². The number of anilines is 1. The highest BCUT2D eigenvalue weighted by Crippen LogP contribution is 2.44. The Kier molecular flexibility index (Phi) is 8.69. The number of rotatable bonds is 9. The smallest absolute Gasteiger partial charge is 0.337 e. The van der Waals surface area contributed by atoms with Crippen LogP contribution < -0.4 is 4.90 Å². The molecule has 216 valence electrons. The third kappa shape index (κ3) is 7.08. The van der Waals surface area contributed by atoms with Crippen LogP contribution in [0, 0.1) is 25.1 Å². The number of halogens is 1. The summed E-state index contributed by atoms with van der Waals surface area (Å²) < 4.78 is 21.3. The normalized spacial score (nSPS) is 16.2. The van der Waals surface area contributed by atoms with E-state index in [1.807, 2.05) is 63.8 Å². The predicted molar refractivity (Wildman–Crippen MR) is 156 cm³/mol. The lowest BCUT2D eigenvalue weighted by Gasteiger charge is -2.41. The Labute approximate surface area is 237 Å². The third-order valence-electron chi connectivity index (χ3n) is 7.66. The Morgan fingerprint density at radius 2 is 1.77 bits per heavy atom. The van der Waals surface area contributed by atoms with Gasteiger partial charge in [0.05, 0.1) is 17.5 Å². The summed E-state index contributed by atoms with van der Waals surface area (Å²) in [7, 11) is 0. The number of aliphatic carboxylic acids is 1. The molecule has 3 aromatic rings. The van der Waals surface area contributed by atoms with Crippen LogP contribution in [0.1, 0.15) is 82.5 Å². The molecule has 0 spiro atoms. The number of carbonyl (C=O) groups is 1. The van der Waals surface area contributed by atoms with Crippen LogP contribution in [-0.2, 0) is 22.5 Å². The monoisotopic (exact) mass is 550 g/mol. The summed E-state index contributed by atoms with van der Waals surface area (Å²) >= 11 is 0. The van der Waals surface area contributed by atoms with E-state index in [0.717, 1.165) is 66.8 Å². The van der Waals surface area contributed by atoms with Crippen molar-refractivity contribution >= 4 is 11.7 Å².